The Hall–Kier alpha value is 0.250. The third kappa shape index (κ3) is 1.41. The van der Waals surface area contributed by atoms with Gasteiger partial charge < -0.3 is 4.74 Å². The fourth-order valence-electron chi connectivity index (χ4n) is 2.29. The van der Waals surface area contributed by atoms with Crippen LogP contribution in [0.5, 0.6) is 0 Å². The monoisotopic (exact) mass is 174 g/mol. The Morgan fingerprint density at radius 2 is 2.27 bits per heavy atom. The molecule has 1 aliphatic heterocycles. The SMILES string of the molecule is ClCC1CC12CCCOCC2. The van der Waals surface area contributed by atoms with E-state index in [1.165, 1.54) is 25.7 Å². The average molecular weight is 175 g/mol. The standard InChI is InChI=1S/C9H15ClO/c10-7-8-6-9(8)2-1-4-11-5-3-9/h8H,1-7H2. The first kappa shape index (κ1) is 7.88. The molecule has 1 aliphatic carbocycles. The van der Waals surface area contributed by atoms with Crippen molar-refractivity contribution >= 4 is 11.6 Å². The van der Waals surface area contributed by atoms with Crippen molar-refractivity contribution in [3.8, 4) is 0 Å². The van der Waals surface area contributed by atoms with Crippen molar-refractivity contribution in [3.05, 3.63) is 0 Å². The molecule has 2 heteroatoms. The molecule has 0 radical (unpaired) electrons. The van der Waals surface area contributed by atoms with Gasteiger partial charge in [-0.3, -0.25) is 0 Å². The second kappa shape index (κ2) is 2.95. The van der Waals surface area contributed by atoms with E-state index in [2.05, 4.69) is 0 Å². The molecule has 1 heterocycles. The molecule has 1 nitrogen and oxygen atoms in total. The molecule has 0 bridgehead atoms. The number of alkyl halides is 1. The van der Waals surface area contributed by atoms with E-state index in [0.717, 1.165) is 25.0 Å². The van der Waals surface area contributed by atoms with E-state index in [0.29, 0.717) is 5.41 Å². The molecule has 2 rings (SSSR count). The summed E-state index contributed by atoms with van der Waals surface area (Å²) in [6, 6.07) is 0. The van der Waals surface area contributed by atoms with Gasteiger partial charge in [-0.25, -0.2) is 0 Å². The normalized spacial score (nSPS) is 43.9. The largest absolute Gasteiger partial charge is 0.381 e. The number of hydrogen-bond acceptors (Lipinski definition) is 1. The van der Waals surface area contributed by atoms with Crippen molar-refractivity contribution in [2.75, 3.05) is 19.1 Å². The van der Waals surface area contributed by atoms with Crippen LogP contribution < -0.4 is 0 Å². The van der Waals surface area contributed by atoms with E-state index in [9.17, 15) is 0 Å². The van der Waals surface area contributed by atoms with E-state index in [1.54, 1.807) is 0 Å². The van der Waals surface area contributed by atoms with Crippen LogP contribution in [0.1, 0.15) is 25.7 Å². The smallest absolute Gasteiger partial charge is 0.0471 e. The molecule has 1 saturated heterocycles. The number of ether oxygens (including phenoxy) is 1. The molecule has 0 aromatic rings. The Bertz CT molecular complexity index is 138. The first-order chi connectivity index (χ1) is 5.37. The summed E-state index contributed by atoms with van der Waals surface area (Å²) in [5.74, 6) is 1.67. The molecule has 11 heavy (non-hydrogen) atoms. The van der Waals surface area contributed by atoms with Crippen molar-refractivity contribution in [1.82, 2.24) is 0 Å². The fourth-order valence-corrected chi connectivity index (χ4v) is 2.73. The molecule has 0 N–H and O–H groups in total. The van der Waals surface area contributed by atoms with Crippen LogP contribution in [0.2, 0.25) is 0 Å². The van der Waals surface area contributed by atoms with Gasteiger partial charge >= 0.3 is 0 Å². The lowest BCUT2D eigenvalue weighted by Gasteiger charge is -2.10. The maximum atomic E-state index is 5.83. The third-order valence-electron chi connectivity index (χ3n) is 3.25. The van der Waals surface area contributed by atoms with Crippen LogP contribution in [0.4, 0.5) is 0 Å². The molecule has 2 unspecified atom stereocenters. The zero-order chi connectivity index (χ0) is 7.73. The minimum absolute atomic E-state index is 0.623. The van der Waals surface area contributed by atoms with Gasteiger partial charge in [-0.15, -0.1) is 11.6 Å². The minimum atomic E-state index is 0.623. The molecule has 2 aliphatic rings. The summed E-state index contributed by atoms with van der Waals surface area (Å²) in [6.45, 7) is 1.93. The summed E-state index contributed by atoms with van der Waals surface area (Å²) in [7, 11) is 0. The first-order valence-corrected chi connectivity index (χ1v) is 5.04. The number of hydrogen-bond donors (Lipinski definition) is 0. The van der Waals surface area contributed by atoms with Crippen molar-refractivity contribution in [2.24, 2.45) is 11.3 Å². The zero-order valence-electron chi connectivity index (χ0n) is 6.81. The lowest BCUT2D eigenvalue weighted by molar-refractivity contribution is 0.140. The van der Waals surface area contributed by atoms with Crippen molar-refractivity contribution in [2.45, 2.75) is 25.7 Å². The summed E-state index contributed by atoms with van der Waals surface area (Å²) in [4.78, 5) is 0. The molecule has 0 aromatic heterocycles. The molecular formula is C9H15ClO. The summed E-state index contributed by atoms with van der Waals surface area (Å²) >= 11 is 5.83. The third-order valence-corrected chi connectivity index (χ3v) is 3.63. The van der Waals surface area contributed by atoms with Gasteiger partial charge in [0.25, 0.3) is 0 Å². The van der Waals surface area contributed by atoms with Crippen LogP contribution >= 0.6 is 11.6 Å². The topological polar surface area (TPSA) is 9.23 Å². The van der Waals surface area contributed by atoms with E-state index in [1.807, 2.05) is 0 Å². The Morgan fingerprint density at radius 1 is 1.36 bits per heavy atom. The predicted octanol–water partition coefficient (Wildman–Crippen LogP) is 2.43. The second-order valence-corrected chi connectivity index (χ2v) is 4.19. The van der Waals surface area contributed by atoms with Gasteiger partial charge in [-0.2, -0.15) is 0 Å². The highest BCUT2D eigenvalue weighted by Crippen LogP contribution is 2.59. The zero-order valence-corrected chi connectivity index (χ0v) is 7.57. The molecule has 1 spiro atoms. The van der Waals surface area contributed by atoms with Crippen molar-refractivity contribution in [3.63, 3.8) is 0 Å². The average Bonchev–Trinajstić information content (AvgIpc) is 2.76. The van der Waals surface area contributed by atoms with E-state index in [4.69, 9.17) is 16.3 Å². The van der Waals surface area contributed by atoms with Crippen LogP contribution in [0.3, 0.4) is 0 Å². The number of rotatable bonds is 1. The molecular weight excluding hydrogens is 160 g/mol. The maximum Gasteiger partial charge on any atom is 0.0471 e. The summed E-state index contributed by atoms with van der Waals surface area (Å²) < 4.78 is 5.42. The quantitative estimate of drug-likeness (QED) is 0.555. The van der Waals surface area contributed by atoms with Gasteiger partial charge in [-0.05, 0) is 37.0 Å². The van der Waals surface area contributed by atoms with Crippen molar-refractivity contribution in [1.29, 1.82) is 0 Å². The highest BCUT2D eigenvalue weighted by molar-refractivity contribution is 6.18. The molecule has 0 aromatic carbocycles. The predicted molar refractivity (Wildman–Crippen MR) is 45.9 cm³/mol. The lowest BCUT2D eigenvalue weighted by atomic mass is 9.95. The van der Waals surface area contributed by atoms with E-state index < -0.39 is 0 Å². The maximum absolute atomic E-state index is 5.83. The first-order valence-electron chi connectivity index (χ1n) is 4.51. The van der Waals surface area contributed by atoms with E-state index in [-0.39, 0.29) is 0 Å². The van der Waals surface area contributed by atoms with Gasteiger partial charge in [0.2, 0.25) is 0 Å². The summed E-state index contributed by atoms with van der Waals surface area (Å²) in [5, 5.41) is 0. The molecule has 1 saturated carbocycles. The molecule has 2 atom stereocenters. The van der Waals surface area contributed by atoms with Gasteiger partial charge in [0.05, 0.1) is 0 Å². The Labute approximate surface area is 73.1 Å². The molecule has 0 amide bonds. The Morgan fingerprint density at radius 3 is 3.00 bits per heavy atom. The van der Waals surface area contributed by atoms with Crippen LogP contribution in [0, 0.1) is 11.3 Å². The van der Waals surface area contributed by atoms with Gasteiger partial charge in [0, 0.05) is 19.1 Å². The van der Waals surface area contributed by atoms with Crippen LogP contribution in [-0.4, -0.2) is 19.1 Å². The minimum Gasteiger partial charge on any atom is -0.381 e. The highest BCUT2D eigenvalue weighted by Gasteiger charge is 2.52. The van der Waals surface area contributed by atoms with Crippen LogP contribution in [0.15, 0.2) is 0 Å². The molecule has 2 fully saturated rings. The molecule has 64 valence electrons. The van der Waals surface area contributed by atoms with Crippen molar-refractivity contribution < 1.29 is 4.74 Å². The Kier molecular flexibility index (Phi) is 2.11. The summed E-state index contributed by atoms with van der Waals surface area (Å²) in [6.07, 6.45) is 5.21. The van der Waals surface area contributed by atoms with Gasteiger partial charge in [0.15, 0.2) is 0 Å². The lowest BCUT2D eigenvalue weighted by Crippen LogP contribution is -2.05. The fraction of sp³-hybridized carbons (Fsp3) is 1.00. The van der Waals surface area contributed by atoms with Gasteiger partial charge in [-0.1, -0.05) is 0 Å². The van der Waals surface area contributed by atoms with Crippen LogP contribution in [-0.2, 0) is 4.74 Å². The number of halogens is 1. The second-order valence-electron chi connectivity index (χ2n) is 3.88. The highest BCUT2D eigenvalue weighted by atomic mass is 35.5. The van der Waals surface area contributed by atoms with Crippen LogP contribution in [0.25, 0.3) is 0 Å². The van der Waals surface area contributed by atoms with E-state index >= 15 is 0 Å². The Balaban J connectivity index is 1.92. The summed E-state index contributed by atoms with van der Waals surface area (Å²) in [5.41, 5.74) is 0.623. The van der Waals surface area contributed by atoms with Gasteiger partial charge in [0.1, 0.15) is 0 Å².